The average Bonchev–Trinajstić information content (AvgIpc) is 3.49. The minimum Gasteiger partial charge on any atom is -0.481 e. The first kappa shape index (κ1) is 27.2. The second-order valence-corrected chi connectivity index (χ2v) is 8.05. The number of carbonyl (C=O) groups is 6. The van der Waals surface area contributed by atoms with E-state index in [1.807, 2.05) is 0 Å². The van der Waals surface area contributed by atoms with Crippen LogP contribution in [0.25, 0.3) is 0 Å². The normalized spacial score (nSPS) is 17.5. The van der Waals surface area contributed by atoms with E-state index in [1.165, 1.54) is 12.5 Å². The molecule has 192 valence electrons. The number of rotatable bonds is 14. The third kappa shape index (κ3) is 9.04. The summed E-state index contributed by atoms with van der Waals surface area (Å²) in [5, 5.41) is 28.4. The monoisotopic (exact) mass is 495 g/mol. The molecule has 0 radical (unpaired) electrons. The van der Waals surface area contributed by atoms with Crippen LogP contribution >= 0.6 is 0 Å². The highest BCUT2D eigenvalue weighted by Gasteiger charge is 2.32. The maximum Gasteiger partial charge on any atom is 0.326 e. The van der Waals surface area contributed by atoms with Crippen LogP contribution in [0.3, 0.4) is 0 Å². The van der Waals surface area contributed by atoms with Gasteiger partial charge >= 0.3 is 11.9 Å². The highest BCUT2D eigenvalue weighted by atomic mass is 16.4. The molecule has 1 aliphatic heterocycles. The predicted octanol–water partition coefficient (Wildman–Crippen LogP) is -3.02. The first-order valence-corrected chi connectivity index (χ1v) is 10.9. The summed E-state index contributed by atoms with van der Waals surface area (Å²) < 4.78 is 0. The second-order valence-electron chi connectivity index (χ2n) is 8.05. The summed E-state index contributed by atoms with van der Waals surface area (Å²) in [7, 11) is 0. The van der Waals surface area contributed by atoms with Crippen LogP contribution in [0.4, 0.5) is 0 Å². The number of aromatic amines is 1. The summed E-state index contributed by atoms with van der Waals surface area (Å²) in [5.74, 6) is -5.88. The molecular formula is C20H29N7O8. The molecule has 1 aromatic heterocycles. The largest absolute Gasteiger partial charge is 0.481 e. The van der Waals surface area contributed by atoms with Gasteiger partial charge in [0.1, 0.15) is 18.1 Å². The van der Waals surface area contributed by atoms with Gasteiger partial charge in [-0.2, -0.15) is 0 Å². The van der Waals surface area contributed by atoms with Crippen LogP contribution in [0.15, 0.2) is 12.5 Å². The molecule has 2 rings (SSSR count). The fraction of sp³-hybridized carbons (Fsp3) is 0.550. The molecular weight excluding hydrogens is 466 g/mol. The summed E-state index contributed by atoms with van der Waals surface area (Å²) in [4.78, 5) is 78.6. The van der Waals surface area contributed by atoms with Crippen molar-refractivity contribution in [2.45, 2.75) is 62.7 Å². The van der Waals surface area contributed by atoms with E-state index in [-0.39, 0.29) is 12.8 Å². The Bertz CT molecular complexity index is 930. The van der Waals surface area contributed by atoms with Gasteiger partial charge in [-0.25, -0.2) is 9.78 Å². The number of carboxylic acids is 2. The molecule has 35 heavy (non-hydrogen) atoms. The molecule has 4 unspecified atom stereocenters. The van der Waals surface area contributed by atoms with Crippen LogP contribution in [0.1, 0.15) is 37.8 Å². The Labute approximate surface area is 199 Å². The van der Waals surface area contributed by atoms with Gasteiger partial charge in [-0.05, 0) is 25.8 Å². The van der Waals surface area contributed by atoms with Gasteiger partial charge in [0, 0.05) is 24.7 Å². The van der Waals surface area contributed by atoms with Crippen LogP contribution < -0.4 is 27.0 Å². The molecule has 4 amide bonds. The van der Waals surface area contributed by atoms with Crippen molar-refractivity contribution >= 4 is 35.6 Å². The first-order valence-electron chi connectivity index (χ1n) is 10.9. The molecule has 4 atom stereocenters. The molecule has 0 aliphatic carbocycles. The number of carbonyl (C=O) groups excluding carboxylic acids is 4. The van der Waals surface area contributed by atoms with Crippen molar-refractivity contribution in [1.29, 1.82) is 0 Å². The number of carboxylic acid groups (broad SMARTS) is 2. The van der Waals surface area contributed by atoms with E-state index in [2.05, 4.69) is 31.2 Å². The number of aromatic nitrogens is 2. The zero-order chi connectivity index (χ0) is 26.0. The van der Waals surface area contributed by atoms with Gasteiger partial charge in [-0.3, -0.25) is 24.0 Å². The van der Waals surface area contributed by atoms with Crippen LogP contribution in [0.2, 0.25) is 0 Å². The molecule has 15 heteroatoms. The van der Waals surface area contributed by atoms with E-state index >= 15 is 0 Å². The van der Waals surface area contributed by atoms with Crippen molar-refractivity contribution in [3.8, 4) is 0 Å². The molecule has 2 heterocycles. The molecule has 0 saturated carbocycles. The van der Waals surface area contributed by atoms with E-state index in [0.29, 0.717) is 18.7 Å². The van der Waals surface area contributed by atoms with Crippen molar-refractivity contribution in [2.24, 2.45) is 5.73 Å². The summed E-state index contributed by atoms with van der Waals surface area (Å²) >= 11 is 0. The van der Waals surface area contributed by atoms with Crippen molar-refractivity contribution in [1.82, 2.24) is 31.2 Å². The minimum absolute atomic E-state index is 0.135. The zero-order valence-corrected chi connectivity index (χ0v) is 18.8. The Kier molecular flexibility index (Phi) is 10.1. The fourth-order valence-corrected chi connectivity index (χ4v) is 3.49. The Hall–Kier alpha value is -4.01. The molecule has 15 nitrogen and oxygen atoms in total. The molecule has 1 aromatic rings. The summed E-state index contributed by atoms with van der Waals surface area (Å²) in [6, 6.07) is -4.76. The number of primary amides is 1. The van der Waals surface area contributed by atoms with Crippen molar-refractivity contribution in [3.63, 3.8) is 0 Å². The lowest BCUT2D eigenvalue weighted by Crippen LogP contribution is -2.58. The number of nitrogens with zero attached hydrogens (tertiary/aromatic N) is 1. The molecule has 9 N–H and O–H groups in total. The van der Waals surface area contributed by atoms with Crippen molar-refractivity contribution < 1.29 is 39.0 Å². The lowest BCUT2D eigenvalue weighted by molar-refractivity contribution is -0.143. The van der Waals surface area contributed by atoms with E-state index in [4.69, 9.17) is 10.8 Å². The van der Waals surface area contributed by atoms with Gasteiger partial charge < -0.3 is 42.2 Å². The number of nitrogens with one attached hydrogen (secondary N) is 5. The topological polar surface area (TPSA) is 246 Å². The van der Waals surface area contributed by atoms with E-state index in [1.54, 1.807) is 0 Å². The summed E-state index contributed by atoms with van der Waals surface area (Å²) in [6.07, 6.45) is 2.59. The number of hydrogen-bond acceptors (Lipinski definition) is 8. The van der Waals surface area contributed by atoms with Crippen molar-refractivity contribution in [2.75, 3.05) is 6.54 Å². The van der Waals surface area contributed by atoms with Gasteiger partial charge in [0.15, 0.2) is 0 Å². The lowest BCUT2D eigenvalue weighted by Gasteiger charge is -2.24. The molecule has 1 fully saturated rings. The predicted molar refractivity (Wildman–Crippen MR) is 117 cm³/mol. The standard InChI is InChI=1S/C20H29N7O8/c21-15(28)7-14(20(34)35)27-19(33)13(6-10-8-22-9-24-10)26-18(32)12(3-4-16(29)30)25-17(31)11-2-1-5-23-11/h8-9,11-14,23H,1-7H2,(H2,21,28)(H,22,24)(H,25,31)(H,26,32)(H,27,33)(H,29,30)(H,34,35). The van der Waals surface area contributed by atoms with Crippen LogP contribution in [-0.2, 0) is 35.2 Å². The average molecular weight is 495 g/mol. The Balaban J connectivity index is 2.17. The quantitative estimate of drug-likeness (QED) is 0.130. The number of amides is 4. The van der Waals surface area contributed by atoms with Crippen LogP contribution in [0.5, 0.6) is 0 Å². The SMILES string of the molecule is NC(=O)CC(NC(=O)C(Cc1cnc[nH]1)NC(=O)C(CCC(=O)O)NC(=O)C1CCCN1)C(=O)O. The van der Waals surface area contributed by atoms with E-state index < -0.39 is 72.6 Å². The van der Waals surface area contributed by atoms with Gasteiger partial charge in [-0.15, -0.1) is 0 Å². The number of hydrogen-bond donors (Lipinski definition) is 8. The fourth-order valence-electron chi connectivity index (χ4n) is 3.49. The van der Waals surface area contributed by atoms with E-state index in [0.717, 1.165) is 6.42 Å². The Morgan fingerprint density at radius 3 is 2.29 bits per heavy atom. The highest BCUT2D eigenvalue weighted by Crippen LogP contribution is 2.08. The third-order valence-corrected chi connectivity index (χ3v) is 5.29. The van der Waals surface area contributed by atoms with Gasteiger partial charge in [0.25, 0.3) is 0 Å². The number of aliphatic carboxylic acids is 2. The van der Waals surface area contributed by atoms with Gasteiger partial charge in [0.2, 0.25) is 23.6 Å². The molecule has 0 bridgehead atoms. The molecule has 0 aromatic carbocycles. The van der Waals surface area contributed by atoms with Gasteiger partial charge in [-0.1, -0.05) is 0 Å². The Morgan fingerprint density at radius 1 is 1.06 bits per heavy atom. The smallest absolute Gasteiger partial charge is 0.326 e. The number of nitrogens with two attached hydrogens (primary N) is 1. The summed E-state index contributed by atoms with van der Waals surface area (Å²) in [6.45, 7) is 0.631. The zero-order valence-electron chi connectivity index (χ0n) is 18.8. The lowest BCUT2D eigenvalue weighted by atomic mass is 10.1. The number of H-pyrrole nitrogens is 1. The second kappa shape index (κ2) is 13.0. The maximum atomic E-state index is 13.0. The maximum absolute atomic E-state index is 13.0. The number of imidazole rings is 1. The van der Waals surface area contributed by atoms with Gasteiger partial charge in [0.05, 0.1) is 18.8 Å². The Morgan fingerprint density at radius 2 is 1.74 bits per heavy atom. The molecule has 0 spiro atoms. The van der Waals surface area contributed by atoms with E-state index in [9.17, 15) is 33.9 Å². The van der Waals surface area contributed by atoms with Crippen LogP contribution in [-0.4, -0.2) is 86.5 Å². The first-order chi connectivity index (χ1) is 16.6. The minimum atomic E-state index is -1.63. The molecule has 1 aliphatic rings. The summed E-state index contributed by atoms with van der Waals surface area (Å²) in [5.41, 5.74) is 5.46. The van der Waals surface area contributed by atoms with Crippen molar-refractivity contribution in [3.05, 3.63) is 18.2 Å². The highest BCUT2D eigenvalue weighted by molar-refractivity contribution is 5.95. The van der Waals surface area contributed by atoms with Crippen LogP contribution in [0, 0.1) is 0 Å². The molecule has 1 saturated heterocycles. The third-order valence-electron chi connectivity index (χ3n) is 5.29.